The van der Waals surface area contributed by atoms with E-state index in [0.29, 0.717) is 18.0 Å². The van der Waals surface area contributed by atoms with Crippen molar-refractivity contribution < 1.29 is 13.2 Å². The first-order valence-corrected chi connectivity index (χ1v) is 8.67. The van der Waals surface area contributed by atoms with Crippen molar-refractivity contribution in [2.24, 2.45) is 11.7 Å². The second-order valence-electron chi connectivity index (χ2n) is 5.38. The van der Waals surface area contributed by atoms with Gasteiger partial charge in [-0.3, -0.25) is 4.79 Å². The van der Waals surface area contributed by atoms with E-state index in [1.807, 2.05) is 0 Å². The number of carbonyl (C=O) groups excluding carboxylic acids is 1. The van der Waals surface area contributed by atoms with Gasteiger partial charge in [0.05, 0.1) is 4.90 Å². The average molecular weight is 360 g/mol. The van der Waals surface area contributed by atoms with Gasteiger partial charge in [-0.1, -0.05) is 6.08 Å². The zero-order valence-corrected chi connectivity index (χ0v) is 14.3. The van der Waals surface area contributed by atoms with E-state index in [0.717, 1.165) is 12.8 Å². The van der Waals surface area contributed by atoms with Crippen LogP contribution in [0.15, 0.2) is 41.8 Å². The number of sulfonamides is 1. The van der Waals surface area contributed by atoms with E-state index in [1.165, 1.54) is 30.3 Å². The third-order valence-electron chi connectivity index (χ3n) is 3.57. The molecule has 4 N–H and O–H groups in total. The van der Waals surface area contributed by atoms with Crippen molar-refractivity contribution in [3.05, 3.63) is 42.5 Å². The molecule has 1 fully saturated rings. The highest BCUT2D eigenvalue weighted by molar-refractivity contribution is 7.89. The molecule has 0 aromatic heterocycles. The van der Waals surface area contributed by atoms with Gasteiger partial charge in [0.1, 0.15) is 0 Å². The van der Waals surface area contributed by atoms with Gasteiger partial charge in [0.15, 0.2) is 0 Å². The van der Waals surface area contributed by atoms with Crippen molar-refractivity contribution in [3.8, 4) is 0 Å². The molecule has 1 aliphatic carbocycles. The normalized spacial score (nSPS) is 15.3. The second-order valence-corrected chi connectivity index (χ2v) is 7.14. The summed E-state index contributed by atoms with van der Waals surface area (Å²) in [6.07, 6.45) is 3.71. The van der Waals surface area contributed by atoms with Crippen LogP contribution in [0.5, 0.6) is 0 Å². The van der Waals surface area contributed by atoms with Gasteiger partial charge in [-0.2, -0.15) is 0 Å². The zero-order valence-electron chi connectivity index (χ0n) is 12.7. The molecule has 0 saturated heterocycles. The third kappa shape index (κ3) is 5.62. The molecule has 0 bridgehead atoms. The number of carbonyl (C=O) groups is 1. The topological polar surface area (TPSA) is 101 Å². The van der Waals surface area contributed by atoms with E-state index >= 15 is 0 Å². The molecule has 1 atom stereocenters. The standard InChI is InChI=1S/C15H21N3O3S.ClH/c1-2-9-18-22(20,21)13-7-5-12(6-8-13)15(19)17-10-14(16)11-3-4-11;/h2,5-8,11,14,18H,1,3-4,9-10,16H2,(H,17,19);1H. The van der Waals surface area contributed by atoms with Crippen LogP contribution in [0.1, 0.15) is 23.2 Å². The second kappa shape index (κ2) is 8.44. The number of amides is 1. The van der Waals surface area contributed by atoms with Crippen molar-refractivity contribution in [2.45, 2.75) is 23.8 Å². The molecule has 1 aromatic carbocycles. The van der Waals surface area contributed by atoms with Crippen LogP contribution in [0.25, 0.3) is 0 Å². The van der Waals surface area contributed by atoms with Crippen LogP contribution < -0.4 is 15.8 Å². The molecule has 0 radical (unpaired) electrons. The van der Waals surface area contributed by atoms with Gasteiger partial charge in [-0.15, -0.1) is 19.0 Å². The Labute approximate surface area is 143 Å². The zero-order chi connectivity index (χ0) is 16.2. The molecule has 0 aliphatic heterocycles. The van der Waals surface area contributed by atoms with Crippen molar-refractivity contribution in [1.29, 1.82) is 0 Å². The molecule has 128 valence electrons. The minimum Gasteiger partial charge on any atom is -0.350 e. The van der Waals surface area contributed by atoms with Crippen LogP contribution in [0.2, 0.25) is 0 Å². The lowest BCUT2D eigenvalue weighted by molar-refractivity contribution is 0.0950. The molecular weight excluding hydrogens is 338 g/mol. The number of nitrogens with one attached hydrogen (secondary N) is 2. The predicted octanol–water partition coefficient (Wildman–Crippen LogP) is 1.04. The molecule has 6 nitrogen and oxygen atoms in total. The van der Waals surface area contributed by atoms with Crippen LogP contribution in [0.4, 0.5) is 0 Å². The summed E-state index contributed by atoms with van der Waals surface area (Å²) in [4.78, 5) is 12.1. The lowest BCUT2D eigenvalue weighted by Gasteiger charge is -2.12. The van der Waals surface area contributed by atoms with Gasteiger partial charge in [-0.25, -0.2) is 13.1 Å². The highest BCUT2D eigenvalue weighted by Crippen LogP contribution is 2.31. The Bertz CT molecular complexity index is 642. The number of nitrogens with two attached hydrogens (primary N) is 1. The van der Waals surface area contributed by atoms with Crippen LogP contribution in [0, 0.1) is 5.92 Å². The summed E-state index contributed by atoms with van der Waals surface area (Å²) in [5.41, 5.74) is 6.33. The van der Waals surface area contributed by atoms with Gasteiger partial charge in [-0.05, 0) is 43.0 Å². The molecule has 0 spiro atoms. The maximum Gasteiger partial charge on any atom is 0.251 e. The fraction of sp³-hybridized carbons (Fsp3) is 0.400. The first kappa shape index (κ1) is 19.6. The third-order valence-corrected chi connectivity index (χ3v) is 5.01. The van der Waals surface area contributed by atoms with Crippen molar-refractivity contribution in [1.82, 2.24) is 10.0 Å². The smallest absolute Gasteiger partial charge is 0.251 e. The quantitative estimate of drug-likeness (QED) is 0.603. The minimum absolute atomic E-state index is 0. The van der Waals surface area contributed by atoms with Crippen molar-refractivity contribution in [2.75, 3.05) is 13.1 Å². The molecule has 23 heavy (non-hydrogen) atoms. The summed E-state index contributed by atoms with van der Waals surface area (Å²) in [6, 6.07) is 5.77. The van der Waals surface area contributed by atoms with E-state index in [1.54, 1.807) is 0 Å². The summed E-state index contributed by atoms with van der Waals surface area (Å²) in [5, 5.41) is 2.77. The molecule has 2 rings (SSSR count). The van der Waals surface area contributed by atoms with Crippen LogP contribution in [-0.2, 0) is 10.0 Å². The molecule has 1 amide bonds. The molecule has 1 aliphatic rings. The Kier molecular flexibility index (Phi) is 7.21. The average Bonchev–Trinajstić information content (AvgIpc) is 3.35. The molecule has 1 saturated carbocycles. The Balaban J connectivity index is 0.00000264. The van der Waals surface area contributed by atoms with E-state index in [-0.39, 0.29) is 35.8 Å². The number of rotatable bonds is 8. The van der Waals surface area contributed by atoms with Crippen molar-refractivity contribution >= 4 is 28.3 Å². The highest BCUT2D eigenvalue weighted by Gasteiger charge is 2.28. The maximum atomic E-state index is 12.0. The summed E-state index contributed by atoms with van der Waals surface area (Å²) in [5.74, 6) is 0.267. The van der Waals surface area contributed by atoms with Gasteiger partial charge in [0, 0.05) is 24.7 Å². The monoisotopic (exact) mass is 359 g/mol. The fourth-order valence-electron chi connectivity index (χ4n) is 2.04. The lowest BCUT2D eigenvalue weighted by atomic mass is 10.2. The molecular formula is C15H22ClN3O3S. The summed E-state index contributed by atoms with van der Waals surface area (Å²) < 4.78 is 26.2. The fourth-order valence-corrected chi connectivity index (χ4v) is 3.04. The van der Waals surface area contributed by atoms with Gasteiger partial charge in [0.25, 0.3) is 5.91 Å². The first-order valence-electron chi connectivity index (χ1n) is 7.18. The molecule has 1 unspecified atom stereocenters. The minimum atomic E-state index is -3.57. The maximum absolute atomic E-state index is 12.0. The lowest BCUT2D eigenvalue weighted by Crippen LogP contribution is -2.38. The first-order chi connectivity index (χ1) is 10.4. The van der Waals surface area contributed by atoms with Crippen LogP contribution in [0.3, 0.4) is 0 Å². The van der Waals surface area contributed by atoms with E-state index in [2.05, 4.69) is 16.6 Å². The van der Waals surface area contributed by atoms with E-state index < -0.39 is 10.0 Å². The summed E-state index contributed by atoms with van der Waals surface area (Å²) in [7, 11) is -3.57. The Morgan fingerprint density at radius 1 is 1.35 bits per heavy atom. The Morgan fingerprint density at radius 2 is 1.96 bits per heavy atom. The number of hydrogen-bond donors (Lipinski definition) is 3. The number of hydrogen-bond acceptors (Lipinski definition) is 4. The van der Waals surface area contributed by atoms with Gasteiger partial charge in [0.2, 0.25) is 10.0 Å². The highest BCUT2D eigenvalue weighted by atomic mass is 35.5. The Morgan fingerprint density at radius 3 is 2.48 bits per heavy atom. The van der Waals surface area contributed by atoms with Crippen LogP contribution >= 0.6 is 12.4 Å². The van der Waals surface area contributed by atoms with E-state index in [4.69, 9.17) is 5.73 Å². The van der Waals surface area contributed by atoms with Crippen molar-refractivity contribution in [3.63, 3.8) is 0 Å². The molecule has 1 aromatic rings. The van der Waals surface area contributed by atoms with Gasteiger partial charge < -0.3 is 11.1 Å². The van der Waals surface area contributed by atoms with Gasteiger partial charge >= 0.3 is 0 Å². The predicted molar refractivity (Wildman–Crippen MR) is 92.1 cm³/mol. The molecule has 0 heterocycles. The SMILES string of the molecule is C=CCNS(=O)(=O)c1ccc(C(=O)NCC(N)C2CC2)cc1.Cl. The summed E-state index contributed by atoms with van der Waals surface area (Å²) in [6.45, 7) is 4.05. The summed E-state index contributed by atoms with van der Waals surface area (Å²) >= 11 is 0. The van der Waals surface area contributed by atoms with E-state index in [9.17, 15) is 13.2 Å². The van der Waals surface area contributed by atoms with Crippen LogP contribution in [-0.4, -0.2) is 33.5 Å². The number of halogens is 1. The largest absolute Gasteiger partial charge is 0.350 e. The number of benzene rings is 1. The Hall–Kier alpha value is -1.41. The molecule has 8 heteroatoms.